The van der Waals surface area contributed by atoms with Crippen molar-refractivity contribution in [1.82, 2.24) is 10.2 Å². The first kappa shape index (κ1) is 17.8. The monoisotopic (exact) mass is 298 g/mol. The molecule has 2 amide bonds. The van der Waals surface area contributed by atoms with Crippen LogP contribution in [0.25, 0.3) is 0 Å². The van der Waals surface area contributed by atoms with Gasteiger partial charge >= 0.3 is 12.0 Å². The molecule has 0 radical (unpaired) electrons. The summed E-state index contributed by atoms with van der Waals surface area (Å²) >= 11 is 0. The first-order valence-electron chi connectivity index (χ1n) is 8.24. The molecule has 21 heavy (non-hydrogen) atoms. The zero-order chi connectivity index (χ0) is 16.1. The summed E-state index contributed by atoms with van der Waals surface area (Å²) in [5, 5.41) is 12.8. The van der Waals surface area contributed by atoms with Crippen molar-refractivity contribution in [2.45, 2.75) is 83.7 Å². The quantitative estimate of drug-likeness (QED) is 0.757. The van der Waals surface area contributed by atoms with Crippen LogP contribution in [0.3, 0.4) is 0 Å². The van der Waals surface area contributed by atoms with E-state index in [4.69, 9.17) is 0 Å². The molecule has 5 heteroatoms. The van der Waals surface area contributed by atoms with Crippen molar-refractivity contribution in [3.8, 4) is 0 Å². The largest absolute Gasteiger partial charge is 0.479 e. The molecule has 1 rings (SSSR count). The van der Waals surface area contributed by atoms with E-state index in [1.54, 1.807) is 4.90 Å². The minimum atomic E-state index is -1.01. The zero-order valence-corrected chi connectivity index (χ0v) is 13.9. The molecule has 0 aliphatic carbocycles. The lowest BCUT2D eigenvalue weighted by Gasteiger charge is -2.39. The summed E-state index contributed by atoms with van der Waals surface area (Å²) in [5.41, 5.74) is -1.24. The smallest absolute Gasteiger partial charge is 0.329 e. The van der Waals surface area contributed by atoms with Crippen LogP contribution in [-0.4, -0.2) is 39.6 Å². The Balaban J connectivity index is 2.96. The SMILES string of the molecule is CCCC1(C(=O)O)CCCN1C(=O)NC(CC)(CC)CC. The average molecular weight is 298 g/mol. The highest BCUT2D eigenvalue weighted by Gasteiger charge is 2.49. The number of carbonyl (C=O) groups excluding carboxylic acids is 1. The first-order valence-corrected chi connectivity index (χ1v) is 8.24. The van der Waals surface area contributed by atoms with Gasteiger partial charge in [0.2, 0.25) is 0 Å². The molecule has 0 aromatic carbocycles. The van der Waals surface area contributed by atoms with Gasteiger partial charge in [-0.25, -0.2) is 9.59 Å². The fourth-order valence-corrected chi connectivity index (χ4v) is 3.49. The van der Waals surface area contributed by atoms with Crippen molar-refractivity contribution in [2.24, 2.45) is 0 Å². The molecule has 0 spiro atoms. The molecule has 1 atom stereocenters. The maximum atomic E-state index is 12.7. The van der Waals surface area contributed by atoms with Crippen LogP contribution in [0.5, 0.6) is 0 Å². The highest BCUT2D eigenvalue weighted by molar-refractivity contribution is 5.87. The molecule has 122 valence electrons. The van der Waals surface area contributed by atoms with E-state index in [1.165, 1.54) is 0 Å². The third-order valence-corrected chi connectivity index (χ3v) is 5.20. The van der Waals surface area contributed by atoms with Crippen molar-refractivity contribution in [1.29, 1.82) is 0 Å². The Hall–Kier alpha value is -1.26. The Labute approximate surface area is 128 Å². The molecule has 1 fully saturated rings. The third kappa shape index (κ3) is 3.33. The molecule has 1 unspecified atom stereocenters. The summed E-state index contributed by atoms with van der Waals surface area (Å²) in [6.45, 7) is 8.69. The summed E-state index contributed by atoms with van der Waals surface area (Å²) in [5.74, 6) is -0.868. The number of amides is 2. The van der Waals surface area contributed by atoms with Gasteiger partial charge in [-0.15, -0.1) is 0 Å². The second-order valence-corrected chi connectivity index (χ2v) is 6.11. The van der Waals surface area contributed by atoms with Gasteiger partial charge in [0.25, 0.3) is 0 Å². The number of hydrogen-bond donors (Lipinski definition) is 2. The van der Waals surface area contributed by atoms with E-state index in [2.05, 4.69) is 26.1 Å². The number of carboxylic acid groups (broad SMARTS) is 1. The maximum absolute atomic E-state index is 12.7. The van der Waals surface area contributed by atoms with Gasteiger partial charge in [0.05, 0.1) is 0 Å². The van der Waals surface area contributed by atoms with Crippen LogP contribution in [0.1, 0.15) is 72.6 Å². The number of likely N-dealkylation sites (tertiary alicyclic amines) is 1. The van der Waals surface area contributed by atoms with Crippen molar-refractivity contribution in [3.63, 3.8) is 0 Å². The summed E-state index contributed by atoms with van der Waals surface area (Å²) < 4.78 is 0. The van der Waals surface area contributed by atoms with Gasteiger partial charge in [0.15, 0.2) is 0 Å². The Kier molecular flexibility index (Phi) is 6.05. The normalized spacial score (nSPS) is 22.4. The fourth-order valence-electron chi connectivity index (χ4n) is 3.49. The van der Waals surface area contributed by atoms with E-state index in [0.29, 0.717) is 19.4 Å². The van der Waals surface area contributed by atoms with E-state index >= 15 is 0 Å². The molecule has 0 aromatic rings. The summed E-state index contributed by atoms with van der Waals surface area (Å²) in [7, 11) is 0. The number of carboxylic acids is 1. The number of carbonyl (C=O) groups is 2. The molecule has 5 nitrogen and oxygen atoms in total. The molecule has 0 aromatic heterocycles. The topological polar surface area (TPSA) is 69.6 Å². The Morgan fingerprint density at radius 3 is 2.19 bits per heavy atom. The van der Waals surface area contributed by atoms with Crippen LogP contribution in [0.2, 0.25) is 0 Å². The van der Waals surface area contributed by atoms with E-state index in [0.717, 1.165) is 32.1 Å². The van der Waals surface area contributed by atoms with Crippen molar-refractivity contribution < 1.29 is 14.7 Å². The number of aliphatic carboxylic acids is 1. The lowest BCUT2D eigenvalue weighted by atomic mass is 9.89. The second-order valence-electron chi connectivity index (χ2n) is 6.11. The average Bonchev–Trinajstić information content (AvgIpc) is 2.90. The number of nitrogens with one attached hydrogen (secondary N) is 1. The van der Waals surface area contributed by atoms with Gasteiger partial charge in [-0.1, -0.05) is 34.1 Å². The van der Waals surface area contributed by atoms with Crippen LogP contribution >= 0.6 is 0 Å². The summed E-state index contributed by atoms with van der Waals surface area (Å²) in [4.78, 5) is 26.0. The maximum Gasteiger partial charge on any atom is 0.329 e. The van der Waals surface area contributed by atoms with Crippen LogP contribution in [0, 0.1) is 0 Å². The number of urea groups is 1. The molecule has 0 bridgehead atoms. The van der Waals surface area contributed by atoms with Gasteiger partial charge in [-0.2, -0.15) is 0 Å². The number of hydrogen-bond acceptors (Lipinski definition) is 2. The lowest BCUT2D eigenvalue weighted by Crippen LogP contribution is -2.60. The van der Waals surface area contributed by atoms with E-state index in [9.17, 15) is 14.7 Å². The molecular formula is C16H30N2O3. The predicted molar refractivity (Wildman–Crippen MR) is 83.4 cm³/mol. The van der Waals surface area contributed by atoms with Gasteiger partial charge < -0.3 is 15.3 Å². The second kappa shape index (κ2) is 7.14. The standard InChI is InChI=1S/C16H30N2O3/c1-5-10-16(13(19)20)11-9-12-18(16)14(21)17-15(6-2,7-3)8-4/h5-12H2,1-4H3,(H,17,21)(H,19,20). The Morgan fingerprint density at radius 1 is 1.19 bits per heavy atom. The minimum Gasteiger partial charge on any atom is -0.479 e. The predicted octanol–water partition coefficient (Wildman–Crippen LogP) is 3.38. The van der Waals surface area contributed by atoms with Crippen molar-refractivity contribution >= 4 is 12.0 Å². The molecule has 1 heterocycles. The third-order valence-electron chi connectivity index (χ3n) is 5.20. The molecule has 1 aliphatic heterocycles. The van der Waals surface area contributed by atoms with Crippen LogP contribution < -0.4 is 5.32 Å². The highest BCUT2D eigenvalue weighted by Crippen LogP contribution is 2.34. The van der Waals surface area contributed by atoms with Crippen molar-refractivity contribution in [3.05, 3.63) is 0 Å². The zero-order valence-electron chi connectivity index (χ0n) is 13.9. The van der Waals surface area contributed by atoms with Crippen LogP contribution in [0.4, 0.5) is 4.79 Å². The van der Waals surface area contributed by atoms with Gasteiger partial charge in [0, 0.05) is 12.1 Å². The number of rotatable bonds is 7. The molecule has 1 saturated heterocycles. The number of nitrogens with zero attached hydrogens (tertiary/aromatic N) is 1. The van der Waals surface area contributed by atoms with E-state index in [1.807, 2.05) is 6.92 Å². The van der Waals surface area contributed by atoms with Gasteiger partial charge in [-0.3, -0.25) is 0 Å². The minimum absolute atomic E-state index is 0.214. The fraction of sp³-hybridized carbons (Fsp3) is 0.875. The molecular weight excluding hydrogens is 268 g/mol. The van der Waals surface area contributed by atoms with Gasteiger partial charge in [-0.05, 0) is 38.5 Å². The molecule has 2 N–H and O–H groups in total. The summed E-state index contributed by atoms with van der Waals surface area (Å²) in [6, 6.07) is -0.214. The molecule has 0 saturated carbocycles. The molecule has 1 aliphatic rings. The van der Waals surface area contributed by atoms with Crippen molar-refractivity contribution in [2.75, 3.05) is 6.54 Å². The Bertz CT molecular complexity index is 371. The van der Waals surface area contributed by atoms with E-state index < -0.39 is 11.5 Å². The Morgan fingerprint density at radius 2 is 1.76 bits per heavy atom. The van der Waals surface area contributed by atoms with Gasteiger partial charge in [0.1, 0.15) is 5.54 Å². The summed E-state index contributed by atoms with van der Waals surface area (Å²) in [6.07, 6.45) is 5.16. The van der Waals surface area contributed by atoms with E-state index in [-0.39, 0.29) is 11.6 Å². The van der Waals surface area contributed by atoms with Crippen LogP contribution in [0.15, 0.2) is 0 Å². The first-order chi connectivity index (χ1) is 9.91. The van der Waals surface area contributed by atoms with Crippen LogP contribution in [-0.2, 0) is 4.79 Å². The lowest BCUT2D eigenvalue weighted by molar-refractivity contribution is -0.148. The highest BCUT2D eigenvalue weighted by atomic mass is 16.4.